The van der Waals surface area contributed by atoms with Gasteiger partial charge >= 0.3 is 0 Å². The van der Waals surface area contributed by atoms with E-state index < -0.39 is 38.7 Å². The molecule has 0 aliphatic carbocycles. The van der Waals surface area contributed by atoms with Crippen LogP contribution in [-0.4, -0.2) is 44.5 Å². The second-order valence-electron chi connectivity index (χ2n) is 9.88. The normalized spacial score (nSPS) is 27.8. The highest BCUT2D eigenvalue weighted by Gasteiger charge is 2.61. The molecule has 0 aromatic heterocycles. The Balaban J connectivity index is 1.83. The van der Waals surface area contributed by atoms with Gasteiger partial charge in [0.05, 0.1) is 0 Å². The number of hydrogen-bond donors (Lipinski definition) is 0. The van der Waals surface area contributed by atoms with E-state index in [-0.39, 0.29) is 10.8 Å². The molecule has 2 aliphatic rings. The Morgan fingerprint density at radius 1 is 0.903 bits per heavy atom. The van der Waals surface area contributed by atoms with Crippen LogP contribution in [0.15, 0.2) is 60.7 Å². The fraction of sp³-hybridized carbons (Fsp3) is 0.480. The summed E-state index contributed by atoms with van der Waals surface area (Å²) in [5.74, 6) is -0.871. The zero-order chi connectivity index (χ0) is 22.4. The molecule has 4 atom stereocenters. The van der Waals surface area contributed by atoms with Gasteiger partial charge in [-0.15, -0.1) is 0 Å². The summed E-state index contributed by atoms with van der Waals surface area (Å²) < 4.78 is 25.5. The van der Waals surface area contributed by atoms with Gasteiger partial charge in [0, 0.05) is 0 Å². The van der Waals surface area contributed by atoms with Crippen molar-refractivity contribution in [3.05, 3.63) is 60.7 Å². The van der Waals surface area contributed by atoms with Crippen LogP contribution in [0.4, 0.5) is 0 Å². The number of hydrogen-bond acceptors (Lipinski definition) is 5. The maximum Gasteiger partial charge on any atom is 0.264 e. The van der Waals surface area contributed by atoms with Gasteiger partial charge in [-0.1, -0.05) is 81.4 Å². The number of benzene rings is 2. The van der Waals surface area contributed by atoms with Crippen LogP contribution in [0.25, 0.3) is 0 Å². The maximum absolute atomic E-state index is 12.3. The topological polar surface area (TPSA) is 54.0 Å². The fourth-order valence-electron chi connectivity index (χ4n) is 4.85. The van der Waals surface area contributed by atoms with Crippen LogP contribution in [0.1, 0.15) is 41.5 Å². The minimum absolute atomic E-state index is 0.0788. The third-order valence-corrected chi connectivity index (χ3v) is 11.1. The predicted molar refractivity (Wildman–Crippen MR) is 122 cm³/mol. The standard InChI is InChI=1S/C25H32O5Si/c1-17(26)20-21-22(29-25(5,6)28-21)23(27-20)30-31(24(2,3)4,18-13-9-7-10-14-18)19-15-11-8-12-16-19/h7-16,20-23H,1-6H3/t20-,21+,22+,23-/m0/s1. The van der Waals surface area contributed by atoms with Crippen LogP contribution in [0.3, 0.4) is 0 Å². The van der Waals surface area contributed by atoms with E-state index in [2.05, 4.69) is 45.0 Å². The molecule has 2 aromatic carbocycles. The van der Waals surface area contributed by atoms with E-state index in [9.17, 15) is 4.79 Å². The maximum atomic E-state index is 12.3. The third-order valence-electron chi connectivity index (χ3n) is 6.12. The number of Topliss-reactive ketones (excluding diaryl/α,β-unsaturated/α-hetero) is 1. The lowest BCUT2D eigenvalue weighted by Crippen LogP contribution is -2.68. The molecule has 2 aromatic rings. The van der Waals surface area contributed by atoms with Crippen molar-refractivity contribution in [3.63, 3.8) is 0 Å². The summed E-state index contributed by atoms with van der Waals surface area (Å²) in [4.78, 5) is 12.3. The van der Waals surface area contributed by atoms with Crippen molar-refractivity contribution < 1.29 is 23.4 Å². The molecule has 0 N–H and O–H groups in total. The zero-order valence-corrected chi connectivity index (χ0v) is 20.1. The van der Waals surface area contributed by atoms with Crippen molar-refractivity contribution in [3.8, 4) is 0 Å². The molecule has 0 unspecified atom stereocenters. The Hall–Kier alpha value is -1.83. The van der Waals surface area contributed by atoms with Crippen LogP contribution < -0.4 is 10.4 Å². The Kier molecular flexibility index (Phi) is 5.73. The predicted octanol–water partition coefficient (Wildman–Crippen LogP) is 3.40. The molecule has 0 saturated carbocycles. The molecule has 2 saturated heterocycles. The summed E-state index contributed by atoms with van der Waals surface area (Å²) in [5, 5.41) is 2.09. The van der Waals surface area contributed by atoms with Gasteiger partial charge in [-0.2, -0.15) is 0 Å². The van der Waals surface area contributed by atoms with E-state index in [0.29, 0.717) is 0 Å². The minimum atomic E-state index is -2.86. The van der Waals surface area contributed by atoms with E-state index in [0.717, 1.165) is 10.4 Å². The van der Waals surface area contributed by atoms with E-state index in [1.165, 1.54) is 6.92 Å². The highest BCUT2D eigenvalue weighted by atomic mass is 28.4. The number of carbonyl (C=O) groups is 1. The molecule has 2 fully saturated rings. The van der Waals surface area contributed by atoms with Crippen molar-refractivity contribution in [2.24, 2.45) is 0 Å². The number of rotatable bonds is 5. The van der Waals surface area contributed by atoms with Gasteiger partial charge in [0.15, 0.2) is 17.9 Å². The van der Waals surface area contributed by atoms with Crippen LogP contribution in [-0.2, 0) is 23.4 Å². The first-order valence-corrected chi connectivity index (χ1v) is 12.8. The van der Waals surface area contributed by atoms with Gasteiger partial charge in [0.2, 0.25) is 0 Å². The first kappa shape index (κ1) is 22.4. The summed E-state index contributed by atoms with van der Waals surface area (Å²) in [6.45, 7) is 11.9. The molecule has 2 aliphatic heterocycles. The molecule has 5 nitrogen and oxygen atoms in total. The smallest absolute Gasteiger partial charge is 0.264 e. The monoisotopic (exact) mass is 440 g/mol. The summed E-state index contributed by atoms with van der Waals surface area (Å²) in [6.07, 6.45) is -2.34. The Bertz CT molecular complexity index is 882. The average Bonchev–Trinajstić information content (AvgIpc) is 3.19. The number of ether oxygens (including phenoxy) is 3. The van der Waals surface area contributed by atoms with Crippen molar-refractivity contribution in [1.82, 2.24) is 0 Å². The number of ketones is 1. The first-order valence-electron chi connectivity index (χ1n) is 10.9. The van der Waals surface area contributed by atoms with Gasteiger partial charge in [0.1, 0.15) is 18.3 Å². The van der Waals surface area contributed by atoms with Crippen LogP contribution in [0.2, 0.25) is 5.04 Å². The van der Waals surface area contributed by atoms with Crippen molar-refractivity contribution in [2.45, 2.75) is 77.0 Å². The molecule has 166 valence electrons. The quantitative estimate of drug-likeness (QED) is 0.667. The molecule has 6 heteroatoms. The molecule has 4 rings (SSSR count). The molecule has 2 heterocycles. The van der Waals surface area contributed by atoms with Crippen LogP contribution in [0.5, 0.6) is 0 Å². The lowest BCUT2D eigenvalue weighted by Gasteiger charge is -2.44. The largest absolute Gasteiger partial charge is 0.381 e. The highest BCUT2D eigenvalue weighted by Crippen LogP contribution is 2.44. The van der Waals surface area contributed by atoms with E-state index in [1.807, 2.05) is 50.2 Å². The lowest BCUT2D eigenvalue weighted by atomic mass is 10.1. The van der Waals surface area contributed by atoms with E-state index >= 15 is 0 Å². The Labute approximate surface area is 185 Å². The molecule has 0 amide bonds. The van der Waals surface area contributed by atoms with E-state index in [1.54, 1.807) is 0 Å². The molecular formula is C25H32O5Si. The SMILES string of the molecule is CC(=O)[C@@H]1O[C@@H](O[Si](c2ccccc2)(c2ccccc2)C(C)(C)C)[C@@H]2OC(C)(C)O[C@@H]21. The summed E-state index contributed by atoms with van der Waals surface area (Å²) in [7, 11) is -2.86. The van der Waals surface area contributed by atoms with Crippen molar-refractivity contribution >= 4 is 24.5 Å². The summed E-state index contributed by atoms with van der Waals surface area (Å²) in [5.41, 5.74) is 0. The average molecular weight is 441 g/mol. The van der Waals surface area contributed by atoms with Crippen LogP contribution in [0, 0.1) is 0 Å². The Morgan fingerprint density at radius 3 is 1.84 bits per heavy atom. The lowest BCUT2D eigenvalue weighted by molar-refractivity contribution is -0.214. The van der Waals surface area contributed by atoms with E-state index in [4.69, 9.17) is 18.6 Å². The number of carbonyl (C=O) groups excluding carboxylic acids is 1. The first-order chi connectivity index (χ1) is 14.6. The van der Waals surface area contributed by atoms with Gasteiger partial charge in [-0.25, -0.2) is 0 Å². The summed E-state index contributed by atoms with van der Waals surface area (Å²) in [6, 6.07) is 20.7. The highest BCUT2D eigenvalue weighted by molar-refractivity contribution is 6.99. The second-order valence-corrected chi connectivity index (χ2v) is 14.1. The zero-order valence-electron chi connectivity index (χ0n) is 19.1. The minimum Gasteiger partial charge on any atom is -0.381 e. The van der Waals surface area contributed by atoms with Gasteiger partial charge in [-0.3, -0.25) is 4.79 Å². The van der Waals surface area contributed by atoms with Crippen LogP contribution >= 0.6 is 0 Å². The number of fused-ring (bicyclic) bond motifs is 1. The molecular weight excluding hydrogens is 408 g/mol. The molecule has 0 spiro atoms. The van der Waals surface area contributed by atoms with Crippen molar-refractivity contribution in [1.29, 1.82) is 0 Å². The van der Waals surface area contributed by atoms with Gasteiger partial charge < -0.3 is 18.6 Å². The second kappa shape index (κ2) is 7.94. The third kappa shape index (κ3) is 3.92. The van der Waals surface area contributed by atoms with Gasteiger partial charge in [0.25, 0.3) is 8.32 Å². The fourth-order valence-corrected chi connectivity index (χ4v) is 9.40. The summed E-state index contributed by atoms with van der Waals surface area (Å²) >= 11 is 0. The molecule has 0 radical (unpaired) electrons. The Morgan fingerprint density at radius 2 is 1.39 bits per heavy atom. The van der Waals surface area contributed by atoms with Crippen molar-refractivity contribution in [2.75, 3.05) is 0 Å². The molecule has 0 bridgehead atoms. The molecule has 31 heavy (non-hydrogen) atoms. The van der Waals surface area contributed by atoms with Gasteiger partial charge in [-0.05, 0) is 36.2 Å².